The van der Waals surface area contributed by atoms with Gasteiger partial charge in [-0.15, -0.1) is 0 Å². The van der Waals surface area contributed by atoms with Gasteiger partial charge in [-0.3, -0.25) is 0 Å². The average Bonchev–Trinajstić information content (AvgIpc) is 2.48. The molecule has 0 amide bonds. The lowest BCUT2D eigenvalue weighted by molar-refractivity contribution is 0.0594. The molecule has 2 rings (SSSR count). The first-order valence-corrected chi connectivity index (χ1v) is 6.29. The number of rotatable bonds is 4. The Morgan fingerprint density at radius 2 is 1.95 bits per heavy atom. The summed E-state index contributed by atoms with van der Waals surface area (Å²) in [4.78, 5) is 15.4. The van der Waals surface area contributed by atoms with Crippen LogP contribution in [0.5, 0.6) is 0 Å². The number of methoxy groups -OCH3 is 1. The molecule has 0 saturated heterocycles. The second kappa shape index (κ2) is 6.14. The van der Waals surface area contributed by atoms with Crippen LogP contribution in [-0.4, -0.2) is 18.1 Å². The first-order valence-electron chi connectivity index (χ1n) is 6.29. The maximum atomic E-state index is 11.3. The number of ether oxygens (including phenoxy) is 1. The van der Waals surface area contributed by atoms with Crippen molar-refractivity contribution >= 4 is 5.97 Å². The third-order valence-corrected chi connectivity index (χ3v) is 3.13. The van der Waals surface area contributed by atoms with Crippen molar-refractivity contribution < 1.29 is 9.53 Å². The summed E-state index contributed by atoms with van der Waals surface area (Å²) in [6.45, 7) is 2.18. The van der Waals surface area contributed by atoms with Crippen LogP contribution >= 0.6 is 0 Å². The number of carbonyl (C=O) groups is 1. The van der Waals surface area contributed by atoms with Crippen LogP contribution in [0, 0.1) is 0 Å². The fourth-order valence-corrected chi connectivity index (χ4v) is 2.02. The molecule has 0 unspecified atom stereocenters. The van der Waals surface area contributed by atoms with Gasteiger partial charge in [0.05, 0.1) is 7.11 Å². The van der Waals surface area contributed by atoms with Gasteiger partial charge in [0.25, 0.3) is 0 Å². The van der Waals surface area contributed by atoms with Crippen molar-refractivity contribution in [3.63, 3.8) is 0 Å². The quantitative estimate of drug-likeness (QED) is 0.787. The van der Waals surface area contributed by atoms with E-state index in [-0.39, 0.29) is 0 Å². The number of hydrogen-bond acceptors (Lipinski definition) is 3. The van der Waals surface area contributed by atoms with E-state index in [4.69, 9.17) is 0 Å². The van der Waals surface area contributed by atoms with Crippen LogP contribution in [0.1, 0.15) is 34.5 Å². The molecule has 0 N–H and O–H groups in total. The Morgan fingerprint density at radius 1 is 1.21 bits per heavy atom. The average molecular weight is 255 g/mol. The van der Waals surface area contributed by atoms with Gasteiger partial charge in [0.2, 0.25) is 0 Å². The predicted octanol–water partition coefficient (Wildman–Crippen LogP) is 3.21. The lowest BCUT2D eigenvalue weighted by Crippen LogP contribution is -2.05. The molecular weight excluding hydrogens is 238 g/mol. The fraction of sp³-hybridized carbons (Fsp3) is 0.250. The van der Waals surface area contributed by atoms with Crippen LogP contribution in [0.3, 0.4) is 0 Å². The number of pyridine rings is 1. The summed E-state index contributed by atoms with van der Waals surface area (Å²) in [5.74, 6) is 0.0228. The smallest absolute Gasteiger partial charge is 0.356 e. The minimum atomic E-state index is -0.400. The Hall–Kier alpha value is -2.16. The summed E-state index contributed by atoms with van der Waals surface area (Å²) in [5, 5.41) is 0. The van der Waals surface area contributed by atoms with Crippen molar-refractivity contribution in [2.24, 2.45) is 0 Å². The maximum Gasteiger partial charge on any atom is 0.356 e. The number of carbonyl (C=O) groups excluding carboxylic acids is 1. The number of aromatic nitrogens is 1. The highest BCUT2D eigenvalue weighted by Gasteiger charge is 2.09. The van der Waals surface area contributed by atoms with E-state index in [2.05, 4.69) is 28.8 Å². The molecule has 98 valence electrons. The molecule has 1 aromatic heterocycles. The molecule has 3 nitrogen and oxygen atoms in total. The Bertz CT molecular complexity index is 534. The summed E-state index contributed by atoms with van der Waals surface area (Å²) in [5.41, 5.74) is 2.77. The van der Waals surface area contributed by atoms with E-state index in [9.17, 15) is 4.79 Å². The minimum Gasteiger partial charge on any atom is -0.464 e. The molecule has 2 aromatic rings. The van der Waals surface area contributed by atoms with E-state index < -0.39 is 5.97 Å². The van der Waals surface area contributed by atoms with Crippen LogP contribution in [0.15, 0.2) is 48.7 Å². The molecule has 0 aliphatic heterocycles. The normalized spacial score (nSPS) is 11.9. The van der Waals surface area contributed by atoms with Crippen molar-refractivity contribution in [3.05, 3.63) is 65.5 Å². The third kappa shape index (κ3) is 3.41. The van der Waals surface area contributed by atoms with Crippen LogP contribution < -0.4 is 0 Å². The first-order chi connectivity index (χ1) is 9.20. The molecular formula is C16H17NO2. The van der Waals surface area contributed by atoms with Gasteiger partial charge in [0, 0.05) is 6.20 Å². The topological polar surface area (TPSA) is 39.2 Å². The van der Waals surface area contributed by atoms with Gasteiger partial charge in [-0.25, -0.2) is 9.78 Å². The van der Waals surface area contributed by atoms with Crippen molar-refractivity contribution in [3.8, 4) is 0 Å². The van der Waals surface area contributed by atoms with Crippen LogP contribution in [0.25, 0.3) is 0 Å². The highest BCUT2D eigenvalue weighted by atomic mass is 16.5. The molecule has 1 heterocycles. The molecule has 1 atom stereocenters. The maximum absolute atomic E-state index is 11.3. The molecule has 1 aromatic carbocycles. The van der Waals surface area contributed by atoms with E-state index in [1.54, 1.807) is 12.3 Å². The van der Waals surface area contributed by atoms with Crippen molar-refractivity contribution in [1.29, 1.82) is 0 Å². The molecule has 0 fully saturated rings. The third-order valence-electron chi connectivity index (χ3n) is 3.13. The summed E-state index contributed by atoms with van der Waals surface area (Å²) in [7, 11) is 1.36. The van der Waals surface area contributed by atoms with E-state index in [1.807, 2.05) is 24.3 Å². The zero-order valence-electron chi connectivity index (χ0n) is 11.2. The molecule has 0 radical (unpaired) electrons. The summed E-state index contributed by atoms with van der Waals surface area (Å²) < 4.78 is 4.63. The van der Waals surface area contributed by atoms with Crippen molar-refractivity contribution in [2.75, 3.05) is 7.11 Å². The highest BCUT2D eigenvalue weighted by molar-refractivity contribution is 5.86. The van der Waals surface area contributed by atoms with Gasteiger partial charge < -0.3 is 4.74 Å². The van der Waals surface area contributed by atoms with Crippen LogP contribution in [0.2, 0.25) is 0 Å². The van der Waals surface area contributed by atoms with Crippen molar-refractivity contribution in [1.82, 2.24) is 4.98 Å². The van der Waals surface area contributed by atoms with E-state index in [0.29, 0.717) is 11.6 Å². The largest absolute Gasteiger partial charge is 0.464 e. The lowest BCUT2D eigenvalue weighted by atomic mass is 9.94. The molecule has 0 bridgehead atoms. The molecule has 0 aliphatic rings. The molecule has 3 heteroatoms. The van der Waals surface area contributed by atoms with Gasteiger partial charge in [-0.1, -0.05) is 43.3 Å². The predicted molar refractivity (Wildman–Crippen MR) is 74.1 cm³/mol. The van der Waals surface area contributed by atoms with Crippen LogP contribution in [0.4, 0.5) is 0 Å². The zero-order valence-corrected chi connectivity index (χ0v) is 11.2. The minimum absolute atomic E-state index is 0.346. The second-order valence-electron chi connectivity index (χ2n) is 4.56. The number of hydrogen-bond donors (Lipinski definition) is 0. The van der Waals surface area contributed by atoms with Gasteiger partial charge in [-0.05, 0) is 29.5 Å². The number of nitrogens with zero attached hydrogens (tertiary/aromatic N) is 1. The molecule has 0 spiro atoms. The van der Waals surface area contributed by atoms with Gasteiger partial charge >= 0.3 is 5.97 Å². The second-order valence-corrected chi connectivity index (χ2v) is 4.56. The summed E-state index contributed by atoms with van der Waals surface area (Å²) >= 11 is 0. The first kappa shape index (κ1) is 13.3. The Kier molecular flexibility index (Phi) is 4.29. The number of benzene rings is 1. The summed E-state index contributed by atoms with van der Waals surface area (Å²) in [6.07, 6.45) is 2.64. The van der Waals surface area contributed by atoms with Crippen molar-refractivity contribution in [2.45, 2.75) is 19.3 Å². The lowest BCUT2D eigenvalue weighted by Gasteiger charge is -2.11. The Balaban J connectivity index is 2.06. The molecule has 0 aliphatic carbocycles. The highest BCUT2D eigenvalue weighted by Crippen LogP contribution is 2.19. The Labute approximate surface area is 113 Å². The monoisotopic (exact) mass is 255 g/mol. The summed E-state index contributed by atoms with van der Waals surface area (Å²) in [6, 6.07) is 14.0. The van der Waals surface area contributed by atoms with Crippen LogP contribution in [-0.2, 0) is 11.2 Å². The Morgan fingerprint density at radius 3 is 2.53 bits per heavy atom. The van der Waals surface area contributed by atoms with Gasteiger partial charge in [0.15, 0.2) is 0 Å². The standard InChI is InChI=1S/C16H17NO2/c1-12(14-6-4-3-5-7-14)10-13-8-9-15(17-11-13)16(18)19-2/h3-9,11-12H,10H2,1-2H3/t12-/m1/s1. The molecule has 19 heavy (non-hydrogen) atoms. The van der Waals surface area contributed by atoms with E-state index in [0.717, 1.165) is 12.0 Å². The fourth-order valence-electron chi connectivity index (χ4n) is 2.02. The van der Waals surface area contributed by atoms with Gasteiger partial charge in [-0.2, -0.15) is 0 Å². The van der Waals surface area contributed by atoms with E-state index >= 15 is 0 Å². The van der Waals surface area contributed by atoms with Gasteiger partial charge in [0.1, 0.15) is 5.69 Å². The SMILES string of the molecule is COC(=O)c1ccc(C[C@@H](C)c2ccccc2)cn1. The molecule has 0 saturated carbocycles. The van der Waals surface area contributed by atoms with E-state index in [1.165, 1.54) is 12.7 Å². The zero-order chi connectivity index (χ0) is 13.7. The number of esters is 1.